The van der Waals surface area contributed by atoms with Gasteiger partial charge in [-0.2, -0.15) is 5.10 Å². The second-order valence-electron chi connectivity index (χ2n) is 7.72. The first-order chi connectivity index (χ1) is 14.2. The van der Waals surface area contributed by atoms with E-state index in [9.17, 15) is 13.2 Å². The Kier molecular flexibility index (Phi) is 6.18. The fourth-order valence-electron chi connectivity index (χ4n) is 3.10. The molecule has 0 spiro atoms. The number of amides is 1. The third kappa shape index (κ3) is 4.65. The molecule has 3 rings (SSSR count). The van der Waals surface area contributed by atoms with Crippen molar-refractivity contribution in [3.8, 4) is 23.7 Å². The summed E-state index contributed by atoms with van der Waals surface area (Å²) >= 11 is 0. The number of nitrogens with two attached hydrogens (primary N) is 1. The summed E-state index contributed by atoms with van der Waals surface area (Å²) in [4.78, 5) is 11.9. The van der Waals surface area contributed by atoms with Crippen LogP contribution < -0.4 is 11.2 Å². The van der Waals surface area contributed by atoms with Gasteiger partial charge < -0.3 is 5.73 Å². The van der Waals surface area contributed by atoms with Crippen LogP contribution in [0.2, 0.25) is 0 Å². The van der Waals surface area contributed by atoms with Crippen LogP contribution in [0.3, 0.4) is 0 Å². The average Bonchev–Trinajstić information content (AvgIpc) is 3.35. The molecule has 1 aromatic heterocycles. The van der Waals surface area contributed by atoms with Gasteiger partial charge in [0.05, 0.1) is 5.52 Å². The Morgan fingerprint density at radius 2 is 2.20 bits per heavy atom. The van der Waals surface area contributed by atoms with Gasteiger partial charge in [0.2, 0.25) is 0 Å². The largest absolute Gasteiger partial charge is 0.330 e. The minimum atomic E-state index is -3.75. The number of hydroxylamine groups is 1. The van der Waals surface area contributed by atoms with Crippen LogP contribution in [-0.4, -0.2) is 46.9 Å². The number of carbonyl (C=O) groups is 1. The van der Waals surface area contributed by atoms with E-state index in [0.29, 0.717) is 18.4 Å². The Balaban J connectivity index is 1.72. The molecule has 30 heavy (non-hydrogen) atoms. The topological polar surface area (TPSA) is 127 Å². The SMILES string of the molecule is C[C@@](CCn1cc2cc(C#CC#C[C@@H]3C[C@H]3CN)ccc2n1)(C(=O)NO)S(C)(=O)=O. The monoisotopic (exact) mass is 428 g/mol. The Labute approximate surface area is 175 Å². The summed E-state index contributed by atoms with van der Waals surface area (Å²) in [6, 6.07) is 5.54. The summed E-state index contributed by atoms with van der Waals surface area (Å²) in [5.41, 5.74) is 8.55. The molecule has 4 N–H and O–H groups in total. The molecule has 0 unspecified atom stereocenters. The molecule has 1 amide bonds. The van der Waals surface area contributed by atoms with Gasteiger partial charge in [0.1, 0.15) is 0 Å². The van der Waals surface area contributed by atoms with Gasteiger partial charge in [-0.05, 0) is 62.3 Å². The molecule has 1 fully saturated rings. The predicted molar refractivity (Wildman–Crippen MR) is 113 cm³/mol. The quantitative estimate of drug-likeness (QED) is 0.353. The van der Waals surface area contributed by atoms with E-state index in [-0.39, 0.29) is 13.0 Å². The van der Waals surface area contributed by atoms with Crippen molar-refractivity contribution < 1.29 is 18.4 Å². The molecule has 3 atom stereocenters. The zero-order chi connectivity index (χ0) is 21.9. The van der Waals surface area contributed by atoms with E-state index in [2.05, 4.69) is 28.8 Å². The summed E-state index contributed by atoms with van der Waals surface area (Å²) in [6.45, 7) is 2.13. The number of nitrogens with zero attached hydrogens (tertiary/aromatic N) is 2. The molecule has 158 valence electrons. The highest BCUT2D eigenvalue weighted by molar-refractivity contribution is 7.92. The maximum absolute atomic E-state index is 12.1. The second kappa shape index (κ2) is 8.49. The van der Waals surface area contributed by atoms with Crippen molar-refractivity contribution in [1.82, 2.24) is 15.3 Å². The van der Waals surface area contributed by atoms with Crippen LogP contribution in [0.4, 0.5) is 0 Å². The van der Waals surface area contributed by atoms with Gasteiger partial charge >= 0.3 is 0 Å². The summed E-state index contributed by atoms with van der Waals surface area (Å²) in [5.74, 6) is 11.8. The fourth-order valence-corrected chi connectivity index (χ4v) is 3.94. The van der Waals surface area contributed by atoms with E-state index in [1.807, 2.05) is 18.2 Å². The molecule has 1 saturated carbocycles. The predicted octanol–water partition coefficient (Wildman–Crippen LogP) is 0.685. The van der Waals surface area contributed by atoms with Crippen LogP contribution in [-0.2, 0) is 21.2 Å². The van der Waals surface area contributed by atoms with Crippen LogP contribution in [0.25, 0.3) is 10.9 Å². The third-order valence-electron chi connectivity index (χ3n) is 5.52. The molecule has 1 aliphatic carbocycles. The second-order valence-corrected chi connectivity index (χ2v) is 10.2. The lowest BCUT2D eigenvalue weighted by Crippen LogP contribution is -2.49. The number of fused-ring (bicyclic) bond motifs is 1. The lowest BCUT2D eigenvalue weighted by atomic mass is 10.1. The standard InChI is InChI=1S/C21H24N4O4S/c1-21(20(26)24-27,30(2,28)29)9-10-25-14-18-11-15(7-8-19(18)23-25)5-3-4-6-16-12-17(16)13-22/h7-8,11,14,16-17,27H,9-10,12-13,22H2,1-2H3,(H,24,26)/t16-,17+,21-/m1/s1. The molecule has 0 aliphatic heterocycles. The van der Waals surface area contributed by atoms with Gasteiger partial charge in [0, 0.05) is 35.9 Å². The summed E-state index contributed by atoms with van der Waals surface area (Å²) in [5, 5.41) is 14.2. The van der Waals surface area contributed by atoms with Crippen molar-refractivity contribution in [2.75, 3.05) is 12.8 Å². The first-order valence-corrected chi connectivity index (χ1v) is 11.4. The molecule has 0 radical (unpaired) electrons. The third-order valence-corrected chi connectivity index (χ3v) is 7.55. The molecule has 8 nitrogen and oxygen atoms in total. The Bertz CT molecular complexity index is 1200. The zero-order valence-electron chi connectivity index (χ0n) is 16.8. The molecule has 9 heteroatoms. The Hall–Kier alpha value is -2.85. The van der Waals surface area contributed by atoms with E-state index in [1.165, 1.54) is 12.4 Å². The number of nitrogens with one attached hydrogen (secondary N) is 1. The first kappa shape index (κ1) is 21.8. The number of benzene rings is 1. The van der Waals surface area contributed by atoms with Crippen LogP contribution in [0, 0.1) is 35.5 Å². The molecule has 1 aliphatic rings. The number of hydrogen-bond donors (Lipinski definition) is 3. The first-order valence-electron chi connectivity index (χ1n) is 9.51. The lowest BCUT2D eigenvalue weighted by molar-refractivity contribution is -0.131. The van der Waals surface area contributed by atoms with Gasteiger partial charge in [-0.3, -0.25) is 14.7 Å². The summed E-state index contributed by atoms with van der Waals surface area (Å²) in [6.07, 6.45) is 3.74. The van der Waals surface area contributed by atoms with Crippen molar-refractivity contribution in [3.63, 3.8) is 0 Å². The molecule has 2 aromatic rings. The van der Waals surface area contributed by atoms with Crippen LogP contribution in [0.1, 0.15) is 25.3 Å². The van der Waals surface area contributed by atoms with Crippen molar-refractivity contribution in [2.45, 2.75) is 31.1 Å². The van der Waals surface area contributed by atoms with Gasteiger partial charge in [-0.15, -0.1) is 0 Å². The van der Waals surface area contributed by atoms with Crippen molar-refractivity contribution in [3.05, 3.63) is 30.0 Å². The molecular weight excluding hydrogens is 404 g/mol. The van der Waals surface area contributed by atoms with E-state index in [1.54, 1.807) is 10.9 Å². The lowest BCUT2D eigenvalue weighted by Gasteiger charge is -2.24. The molecular formula is C21H24N4O4S. The van der Waals surface area contributed by atoms with Gasteiger partial charge in [-0.1, -0.05) is 11.8 Å². The zero-order valence-corrected chi connectivity index (χ0v) is 17.7. The highest BCUT2D eigenvalue weighted by Crippen LogP contribution is 2.36. The number of aryl methyl sites for hydroxylation is 1. The summed E-state index contributed by atoms with van der Waals surface area (Å²) < 4.78 is 23.9. The van der Waals surface area contributed by atoms with Gasteiger partial charge in [0.15, 0.2) is 14.6 Å². The Morgan fingerprint density at radius 3 is 2.83 bits per heavy atom. The number of hydrogen-bond acceptors (Lipinski definition) is 6. The fraction of sp³-hybridized carbons (Fsp3) is 0.429. The van der Waals surface area contributed by atoms with E-state index >= 15 is 0 Å². The minimum absolute atomic E-state index is 0.0422. The van der Waals surface area contributed by atoms with Crippen molar-refractivity contribution in [2.24, 2.45) is 17.6 Å². The van der Waals surface area contributed by atoms with Crippen LogP contribution >= 0.6 is 0 Å². The average molecular weight is 429 g/mol. The van der Waals surface area contributed by atoms with Gasteiger partial charge in [0.25, 0.3) is 5.91 Å². The molecule has 0 bridgehead atoms. The normalized spacial score (nSPS) is 19.7. The molecule has 1 heterocycles. The van der Waals surface area contributed by atoms with Crippen molar-refractivity contribution in [1.29, 1.82) is 0 Å². The smallest absolute Gasteiger partial charge is 0.264 e. The maximum Gasteiger partial charge on any atom is 0.264 e. The number of sulfone groups is 1. The molecule has 0 saturated heterocycles. The number of aromatic nitrogens is 2. The van der Waals surface area contributed by atoms with Crippen molar-refractivity contribution >= 4 is 26.6 Å². The van der Waals surface area contributed by atoms with E-state index < -0.39 is 20.5 Å². The maximum atomic E-state index is 12.1. The van der Waals surface area contributed by atoms with E-state index in [4.69, 9.17) is 10.9 Å². The Morgan fingerprint density at radius 1 is 1.43 bits per heavy atom. The number of carbonyl (C=O) groups excluding carboxylic acids is 1. The van der Waals surface area contributed by atoms with Gasteiger partial charge in [-0.25, -0.2) is 13.9 Å². The highest BCUT2D eigenvalue weighted by atomic mass is 32.2. The van der Waals surface area contributed by atoms with Crippen LogP contribution in [0.15, 0.2) is 24.4 Å². The highest BCUT2D eigenvalue weighted by Gasteiger charge is 2.43. The van der Waals surface area contributed by atoms with E-state index in [0.717, 1.165) is 29.1 Å². The molecule has 1 aromatic carbocycles. The summed E-state index contributed by atoms with van der Waals surface area (Å²) in [7, 11) is -3.75. The van der Waals surface area contributed by atoms with Crippen LogP contribution in [0.5, 0.6) is 0 Å². The minimum Gasteiger partial charge on any atom is -0.330 e. The number of rotatable bonds is 6.